The predicted molar refractivity (Wildman–Crippen MR) is 28.2 cm³/mol. The smallest absolute Gasteiger partial charge is 0.0893 e. The maximum Gasteiger partial charge on any atom is 0.0893 e. The van der Waals surface area contributed by atoms with E-state index in [1.165, 1.54) is 0 Å². The molecule has 3 heteroatoms. The molecule has 0 aliphatic heterocycles. The van der Waals surface area contributed by atoms with Crippen LogP contribution in [0.15, 0.2) is 11.9 Å². The van der Waals surface area contributed by atoms with E-state index >= 15 is 0 Å². The summed E-state index contributed by atoms with van der Waals surface area (Å²) in [6.45, 7) is 0.109. The van der Waals surface area contributed by atoms with Crippen LogP contribution in [0.1, 0.15) is 6.42 Å². The molecule has 0 aromatic carbocycles. The second-order valence-electron chi connectivity index (χ2n) is 1.22. The Morgan fingerprint density at radius 1 is 1.57 bits per heavy atom. The lowest BCUT2D eigenvalue weighted by Crippen LogP contribution is -2.07. The maximum atomic E-state index is 8.16. The van der Waals surface area contributed by atoms with Crippen molar-refractivity contribution in [2.24, 2.45) is 11.5 Å². The number of hydrogen-bond donors (Lipinski definition) is 3. The quantitative estimate of drug-likeness (QED) is 0.424. The molecule has 0 heterocycles. The highest BCUT2D eigenvalue weighted by atomic mass is 16.2. The Hall–Kier alpha value is -0.700. The molecule has 0 amide bonds. The second-order valence-corrected chi connectivity index (χ2v) is 1.22. The summed E-state index contributed by atoms with van der Waals surface area (Å²) in [4.78, 5) is 0. The molecule has 0 unspecified atom stereocenters. The summed E-state index contributed by atoms with van der Waals surface area (Å²) >= 11 is 0. The highest BCUT2D eigenvalue weighted by Gasteiger charge is 1.74. The molecule has 0 rings (SSSR count). The molecular weight excluding hydrogens is 92.1 g/mol. The van der Waals surface area contributed by atoms with Crippen LogP contribution >= 0.6 is 0 Å². The number of aliphatic hydroxyl groups is 1. The highest BCUT2D eigenvalue weighted by Crippen LogP contribution is 1.77. The summed E-state index contributed by atoms with van der Waals surface area (Å²) in [6, 6.07) is 0. The Morgan fingerprint density at radius 2 is 2.14 bits per heavy atom. The highest BCUT2D eigenvalue weighted by molar-refractivity contribution is 4.88. The summed E-state index contributed by atoms with van der Waals surface area (Å²) < 4.78 is 0. The summed E-state index contributed by atoms with van der Waals surface area (Å²) in [6.07, 6.45) is 2.11. The Bertz CT molecular complexity index is 66.1. The first-order valence-corrected chi connectivity index (χ1v) is 2.09. The Labute approximate surface area is 42.6 Å². The van der Waals surface area contributed by atoms with Gasteiger partial charge in [-0.3, -0.25) is 0 Å². The van der Waals surface area contributed by atoms with Crippen LogP contribution in [-0.2, 0) is 0 Å². The van der Waals surface area contributed by atoms with Crippen LogP contribution in [0, 0.1) is 0 Å². The van der Waals surface area contributed by atoms with Crippen molar-refractivity contribution >= 4 is 0 Å². The van der Waals surface area contributed by atoms with Crippen molar-refractivity contribution in [3.8, 4) is 0 Å². The van der Waals surface area contributed by atoms with Crippen molar-refractivity contribution in [3.05, 3.63) is 11.9 Å². The van der Waals surface area contributed by atoms with E-state index < -0.39 is 0 Å². The zero-order valence-corrected chi connectivity index (χ0v) is 4.09. The molecule has 0 aliphatic rings. The Balaban J connectivity index is 3.08. The second kappa shape index (κ2) is 3.49. The number of nitrogens with two attached hydrogens (primary N) is 2. The lowest BCUT2D eigenvalue weighted by Gasteiger charge is -1.86. The van der Waals surface area contributed by atoms with Gasteiger partial charge < -0.3 is 16.6 Å². The first-order valence-electron chi connectivity index (χ1n) is 2.09. The van der Waals surface area contributed by atoms with Crippen molar-refractivity contribution in [1.82, 2.24) is 0 Å². The van der Waals surface area contributed by atoms with E-state index in [1.807, 2.05) is 0 Å². The summed E-state index contributed by atoms with van der Waals surface area (Å²) in [5, 5.41) is 8.16. The van der Waals surface area contributed by atoms with Crippen LogP contribution in [0.25, 0.3) is 0 Å². The molecule has 0 bridgehead atoms. The van der Waals surface area contributed by atoms with Gasteiger partial charge in [0.15, 0.2) is 0 Å². The fourth-order valence-corrected chi connectivity index (χ4v) is 0.231. The average molecular weight is 102 g/mol. The van der Waals surface area contributed by atoms with Gasteiger partial charge in [-0.25, -0.2) is 0 Å². The monoisotopic (exact) mass is 102 g/mol. The molecular formula is C4H10N2O. The Morgan fingerprint density at radius 3 is 2.29 bits per heavy atom. The average Bonchev–Trinajstić information content (AvgIpc) is 1.61. The van der Waals surface area contributed by atoms with Crippen molar-refractivity contribution in [2.45, 2.75) is 6.42 Å². The van der Waals surface area contributed by atoms with E-state index in [0.717, 1.165) is 0 Å². The molecule has 0 fully saturated rings. The maximum absolute atomic E-state index is 8.16. The van der Waals surface area contributed by atoms with Crippen LogP contribution in [0.3, 0.4) is 0 Å². The minimum absolute atomic E-state index is 0.109. The first kappa shape index (κ1) is 6.30. The van der Waals surface area contributed by atoms with Gasteiger partial charge in [0.05, 0.1) is 5.82 Å². The van der Waals surface area contributed by atoms with Gasteiger partial charge in [-0.1, -0.05) is 0 Å². The number of aliphatic hydroxyl groups excluding tert-OH is 1. The van der Waals surface area contributed by atoms with Gasteiger partial charge in [-0.15, -0.1) is 0 Å². The van der Waals surface area contributed by atoms with Crippen LogP contribution < -0.4 is 11.5 Å². The zero-order chi connectivity index (χ0) is 5.70. The normalized spacial score (nSPS) is 8.14. The minimum Gasteiger partial charge on any atom is -0.396 e. The van der Waals surface area contributed by atoms with Gasteiger partial charge in [-0.05, 0) is 12.5 Å². The van der Waals surface area contributed by atoms with E-state index in [-0.39, 0.29) is 12.4 Å². The van der Waals surface area contributed by atoms with Crippen molar-refractivity contribution in [1.29, 1.82) is 0 Å². The van der Waals surface area contributed by atoms with Crippen molar-refractivity contribution < 1.29 is 5.11 Å². The third kappa shape index (κ3) is 5.30. The molecule has 0 aromatic heterocycles. The molecule has 0 aromatic rings. The van der Waals surface area contributed by atoms with Gasteiger partial charge in [0, 0.05) is 6.61 Å². The summed E-state index contributed by atoms with van der Waals surface area (Å²) in [5.74, 6) is 0.272. The molecule has 42 valence electrons. The Kier molecular flexibility index (Phi) is 3.14. The molecule has 5 N–H and O–H groups in total. The molecule has 0 saturated carbocycles. The standard InChI is InChI=1S/C4H10N2O/c5-4(6)2-1-3-7/h2,7H,1,3,5-6H2. The van der Waals surface area contributed by atoms with Crippen LogP contribution in [0.4, 0.5) is 0 Å². The van der Waals surface area contributed by atoms with Gasteiger partial charge in [-0.2, -0.15) is 0 Å². The number of rotatable bonds is 2. The number of hydrogen-bond acceptors (Lipinski definition) is 3. The van der Waals surface area contributed by atoms with E-state index in [4.69, 9.17) is 16.6 Å². The lowest BCUT2D eigenvalue weighted by molar-refractivity contribution is 0.302. The first-order chi connectivity index (χ1) is 3.27. The van der Waals surface area contributed by atoms with Crippen molar-refractivity contribution in [3.63, 3.8) is 0 Å². The van der Waals surface area contributed by atoms with E-state index in [1.54, 1.807) is 6.08 Å². The van der Waals surface area contributed by atoms with Gasteiger partial charge in [0.2, 0.25) is 0 Å². The zero-order valence-electron chi connectivity index (χ0n) is 4.09. The van der Waals surface area contributed by atoms with Gasteiger partial charge >= 0.3 is 0 Å². The molecule has 0 atom stereocenters. The summed E-state index contributed by atoms with van der Waals surface area (Å²) in [7, 11) is 0. The van der Waals surface area contributed by atoms with E-state index in [0.29, 0.717) is 6.42 Å². The van der Waals surface area contributed by atoms with Gasteiger partial charge in [0.25, 0.3) is 0 Å². The molecule has 0 spiro atoms. The third-order valence-electron chi connectivity index (χ3n) is 0.509. The van der Waals surface area contributed by atoms with Crippen molar-refractivity contribution in [2.75, 3.05) is 6.61 Å². The van der Waals surface area contributed by atoms with E-state index in [2.05, 4.69) is 0 Å². The molecule has 0 aliphatic carbocycles. The third-order valence-corrected chi connectivity index (χ3v) is 0.509. The molecule has 0 radical (unpaired) electrons. The molecule has 0 saturated heterocycles. The van der Waals surface area contributed by atoms with Crippen LogP contribution in [0.2, 0.25) is 0 Å². The SMILES string of the molecule is NC(N)=CCCO. The topological polar surface area (TPSA) is 72.3 Å². The van der Waals surface area contributed by atoms with Crippen LogP contribution in [0.5, 0.6) is 0 Å². The summed E-state index contributed by atoms with van der Waals surface area (Å²) in [5.41, 5.74) is 10.0. The molecule has 7 heavy (non-hydrogen) atoms. The van der Waals surface area contributed by atoms with Crippen LogP contribution in [-0.4, -0.2) is 11.7 Å². The lowest BCUT2D eigenvalue weighted by atomic mass is 10.4. The fourth-order valence-electron chi connectivity index (χ4n) is 0.231. The fraction of sp³-hybridized carbons (Fsp3) is 0.500. The predicted octanol–water partition coefficient (Wildman–Crippen LogP) is -0.872. The molecule has 3 nitrogen and oxygen atoms in total. The van der Waals surface area contributed by atoms with E-state index in [9.17, 15) is 0 Å². The van der Waals surface area contributed by atoms with Gasteiger partial charge in [0.1, 0.15) is 0 Å². The minimum atomic E-state index is 0.109. The largest absolute Gasteiger partial charge is 0.396 e.